The summed E-state index contributed by atoms with van der Waals surface area (Å²) in [6.45, 7) is 18.8. The summed E-state index contributed by atoms with van der Waals surface area (Å²) in [7, 11) is 0. The van der Waals surface area contributed by atoms with Gasteiger partial charge >= 0.3 is 0 Å². The number of hydrogen-bond donors (Lipinski definition) is 2. The smallest absolute Gasteiger partial charge is 0.246 e. The summed E-state index contributed by atoms with van der Waals surface area (Å²) in [5.74, 6) is 0.621. The van der Waals surface area contributed by atoms with E-state index in [2.05, 4.69) is 49.3 Å². The van der Waals surface area contributed by atoms with Crippen molar-refractivity contribution in [2.75, 3.05) is 6.54 Å². The molecule has 2 unspecified atom stereocenters. The molecule has 0 saturated heterocycles. The molecular weight excluding hydrogens is 550 g/mol. The molecule has 2 atom stereocenters. The Kier molecular flexibility index (Phi) is 9.57. The Labute approximate surface area is 261 Å². The highest BCUT2D eigenvalue weighted by Gasteiger charge is 2.33. The molecule has 43 heavy (non-hydrogen) atoms. The van der Waals surface area contributed by atoms with E-state index >= 15 is 0 Å². The van der Waals surface area contributed by atoms with Gasteiger partial charge in [-0.2, -0.15) is 0 Å². The monoisotopic (exact) mass is 595 g/mol. The fourth-order valence-electron chi connectivity index (χ4n) is 6.52. The van der Waals surface area contributed by atoms with Gasteiger partial charge in [-0.25, -0.2) is 0 Å². The Hall–Kier alpha value is -3.22. The van der Waals surface area contributed by atoms with Crippen LogP contribution in [0.4, 0.5) is 0 Å². The predicted molar refractivity (Wildman–Crippen MR) is 181 cm³/mol. The second-order valence-corrected chi connectivity index (χ2v) is 14.0. The van der Waals surface area contributed by atoms with Crippen molar-refractivity contribution in [3.05, 3.63) is 84.1 Å². The van der Waals surface area contributed by atoms with E-state index in [4.69, 9.17) is 9.98 Å². The first-order valence-corrected chi connectivity index (χ1v) is 16.5. The number of nitrogens with one attached hydrogen (secondary N) is 1. The highest BCUT2D eigenvalue weighted by atomic mass is 32.2. The van der Waals surface area contributed by atoms with E-state index in [1.807, 2.05) is 25.4 Å². The standard InChI is InChI=1S/C37H45N3O2S/c1-7-38-36(41)24(3)17-33-25(4)30-20-28(29-16-23(2)35(40-22-29)37(5,6)42)21-31(34(30)43-33)32-19-27(14-15-39-32)18-26-12-10-8-9-11-13-26/h14-16,19-22,26,33,35,42H,2-4,7-13,17-18H2,1,5-6H3,(H,38,41). The number of likely N-dealkylation sites (N-methyl/N-ethyl adjacent to an activating group) is 1. The number of pyridine rings is 1. The number of aliphatic hydroxyl groups is 1. The molecule has 1 aromatic heterocycles. The number of benzene rings is 1. The molecule has 5 rings (SSSR count). The number of carbonyl (C=O) groups is 1. The Morgan fingerprint density at radius 3 is 2.51 bits per heavy atom. The molecule has 0 bridgehead atoms. The zero-order chi connectivity index (χ0) is 30.7. The lowest BCUT2D eigenvalue weighted by molar-refractivity contribution is -0.117. The predicted octanol–water partition coefficient (Wildman–Crippen LogP) is 7.99. The number of rotatable bonds is 9. The van der Waals surface area contributed by atoms with Gasteiger partial charge < -0.3 is 10.4 Å². The summed E-state index contributed by atoms with van der Waals surface area (Å²) >= 11 is 1.75. The highest BCUT2D eigenvalue weighted by molar-refractivity contribution is 8.01. The van der Waals surface area contributed by atoms with Gasteiger partial charge in [-0.15, -0.1) is 11.8 Å². The molecule has 226 valence electrons. The number of dihydropyridines is 1. The normalized spacial score (nSPS) is 20.9. The lowest BCUT2D eigenvalue weighted by atomic mass is 9.87. The van der Waals surface area contributed by atoms with Crippen LogP contribution >= 0.6 is 11.8 Å². The summed E-state index contributed by atoms with van der Waals surface area (Å²) < 4.78 is 0. The average Bonchev–Trinajstić information content (AvgIpc) is 3.11. The molecule has 5 nitrogen and oxygen atoms in total. The summed E-state index contributed by atoms with van der Waals surface area (Å²) in [6.07, 6.45) is 15.4. The van der Waals surface area contributed by atoms with E-state index in [0.29, 0.717) is 18.5 Å². The van der Waals surface area contributed by atoms with Crippen molar-refractivity contribution in [1.82, 2.24) is 10.3 Å². The number of thioether (sulfide) groups is 1. The Morgan fingerprint density at radius 2 is 1.84 bits per heavy atom. The Morgan fingerprint density at radius 1 is 1.12 bits per heavy atom. The van der Waals surface area contributed by atoms with E-state index in [9.17, 15) is 9.90 Å². The van der Waals surface area contributed by atoms with Crippen molar-refractivity contribution >= 4 is 35.0 Å². The Balaban J connectivity index is 1.52. The lowest BCUT2D eigenvalue weighted by Crippen LogP contribution is -2.36. The molecule has 1 aliphatic carbocycles. The third-order valence-corrected chi connectivity index (χ3v) is 10.2. The molecule has 3 heterocycles. The number of aliphatic imine (C=N–C) groups is 1. The quantitative estimate of drug-likeness (QED) is 0.228. The minimum absolute atomic E-state index is 0.0109. The maximum absolute atomic E-state index is 12.5. The summed E-state index contributed by atoms with van der Waals surface area (Å²) in [5.41, 5.74) is 7.72. The zero-order valence-electron chi connectivity index (χ0n) is 25.9. The van der Waals surface area contributed by atoms with Gasteiger partial charge in [-0.3, -0.25) is 14.8 Å². The molecule has 1 amide bonds. The molecule has 1 aromatic carbocycles. The molecule has 0 radical (unpaired) electrons. The first kappa shape index (κ1) is 31.2. The molecule has 3 aliphatic rings. The molecule has 1 fully saturated rings. The third-order valence-electron chi connectivity index (χ3n) is 8.83. The lowest BCUT2D eigenvalue weighted by Gasteiger charge is -2.29. The summed E-state index contributed by atoms with van der Waals surface area (Å²) in [4.78, 5) is 23.2. The number of aromatic nitrogens is 1. The van der Waals surface area contributed by atoms with E-state index < -0.39 is 5.60 Å². The van der Waals surface area contributed by atoms with Crippen LogP contribution < -0.4 is 5.32 Å². The van der Waals surface area contributed by atoms with Crippen molar-refractivity contribution in [2.24, 2.45) is 10.9 Å². The van der Waals surface area contributed by atoms with Gasteiger partial charge in [0.25, 0.3) is 0 Å². The first-order valence-electron chi connectivity index (χ1n) is 15.7. The van der Waals surface area contributed by atoms with E-state index in [-0.39, 0.29) is 17.2 Å². The largest absolute Gasteiger partial charge is 0.388 e. The van der Waals surface area contributed by atoms with Crippen molar-refractivity contribution in [1.29, 1.82) is 0 Å². The summed E-state index contributed by atoms with van der Waals surface area (Å²) in [5, 5.41) is 13.5. The van der Waals surface area contributed by atoms with Crippen molar-refractivity contribution in [3.8, 4) is 11.3 Å². The van der Waals surface area contributed by atoms with Crippen molar-refractivity contribution < 1.29 is 9.90 Å². The van der Waals surface area contributed by atoms with E-state index in [1.165, 1.54) is 44.1 Å². The van der Waals surface area contributed by atoms with E-state index in [0.717, 1.165) is 56.3 Å². The van der Waals surface area contributed by atoms with Crippen molar-refractivity contribution in [2.45, 2.75) is 93.9 Å². The van der Waals surface area contributed by atoms with Crippen LogP contribution in [0.1, 0.15) is 82.4 Å². The average molecular weight is 596 g/mol. The first-order chi connectivity index (χ1) is 20.5. The van der Waals surface area contributed by atoms with Crippen LogP contribution in [0.15, 0.2) is 77.3 Å². The topological polar surface area (TPSA) is 74.6 Å². The molecule has 2 aromatic rings. The fraction of sp³-hybridized carbons (Fsp3) is 0.432. The van der Waals surface area contributed by atoms with Crippen LogP contribution in [0, 0.1) is 5.92 Å². The molecular formula is C37H45N3O2S. The van der Waals surface area contributed by atoms with Crippen LogP contribution in [-0.4, -0.2) is 45.6 Å². The number of fused-ring (bicyclic) bond motifs is 1. The molecule has 6 heteroatoms. The van der Waals surface area contributed by atoms with Crippen LogP contribution in [-0.2, 0) is 11.2 Å². The number of hydrogen-bond acceptors (Lipinski definition) is 5. The van der Waals surface area contributed by atoms with Gasteiger partial charge in [-0.1, -0.05) is 58.3 Å². The SMILES string of the molecule is C=C(CC1Sc2c(cc(C3=CC(=C)C(C(C)(C)O)N=C3)cc2-c2cc(CC3CCCCCC3)ccn2)C1=C)C(=O)NCC. The summed E-state index contributed by atoms with van der Waals surface area (Å²) in [6, 6.07) is 8.42. The van der Waals surface area contributed by atoms with Gasteiger partial charge in [0, 0.05) is 40.2 Å². The number of amides is 1. The number of allylic oxidation sites excluding steroid dienone is 1. The highest BCUT2D eigenvalue weighted by Crippen LogP contribution is 2.51. The maximum Gasteiger partial charge on any atom is 0.246 e. The van der Waals surface area contributed by atoms with Crippen LogP contribution in [0.25, 0.3) is 22.4 Å². The zero-order valence-corrected chi connectivity index (χ0v) is 26.7. The van der Waals surface area contributed by atoms with Crippen LogP contribution in [0.5, 0.6) is 0 Å². The molecule has 2 N–H and O–H groups in total. The van der Waals surface area contributed by atoms with Gasteiger partial charge in [0.2, 0.25) is 5.91 Å². The second kappa shape index (κ2) is 13.2. The molecule has 0 spiro atoms. The third kappa shape index (κ3) is 7.13. The van der Waals surface area contributed by atoms with Gasteiger partial charge in [0.15, 0.2) is 0 Å². The minimum atomic E-state index is -0.995. The number of nitrogens with zero attached hydrogens (tertiary/aromatic N) is 2. The fourth-order valence-corrected chi connectivity index (χ4v) is 7.96. The molecule has 2 aliphatic heterocycles. The van der Waals surface area contributed by atoms with Crippen molar-refractivity contribution in [3.63, 3.8) is 0 Å². The number of carbonyl (C=O) groups excluding carboxylic acids is 1. The van der Waals surface area contributed by atoms with Gasteiger partial charge in [-0.05, 0) is 103 Å². The van der Waals surface area contributed by atoms with Crippen LogP contribution in [0.2, 0.25) is 0 Å². The van der Waals surface area contributed by atoms with Crippen LogP contribution in [0.3, 0.4) is 0 Å². The molecule has 1 saturated carbocycles. The Bertz CT molecular complexity index is 1490. The van der Waals surface area contributed by atoms with E-state index in [1.54, 1.807) is 25.6 Å². The minimum Gasteiger partial charge on any atom is -0.388 e. The maximum atomic E-state index is 12.5. The second-order valence-electron chi connectivity index (χ2n) is 12.8. The van der Waals surface area contributed by atoms with Gasteiger partial charge in [0.05, 0.1) is 11.3 Å². The van der Waals surface area contributed by atoms with Gasteiger partial charge in [0.1, 0.15) is 6.04 Å².